The van der Waals surface area contributed by atoms with Crippen LogP contribution in [0.4, 0.5) is 10.8 Å². The maximum Gasteiger partial charge on any atom is 0.263 e. The van der Waals surface area contributed by atoms with Crippen molar-refractivity contribution < 1.29 is 9.53 Å². The number of ether oxygens (including phenoxy) is 1. The van der Waals surface area contributed by atoms with E-state index in [2.05, 4.69) is 60.7 Å². The second-order valence-electron chi connectivity index (χ2n) is 7.89. The fraction of sp³-hybridized carbons (Fsp3) is 0.304. The van der Waals surface area contributed by atoms with E-state index in [1.54, 1.807) is 7.11 Å². The lowest BCUT2D eigenvalue weighted by molar-refractivity contribution is 0.0954. The molecule has 0 spiro atoms. The highest BCUT2D eigenvalue weighted by molar-refractivity contribution is 7.17. The number of amides is 1. The third-order valence-corrected chi connectivity index (χ3v) is 5.70. The number of nitrogens with one attached hydrogen (secondary N) is 2. The van der Waals surface area contributed by atoms with Crippen molar-refractivity contribution in [3.63, 3.8) is 0 Å². The van der Waals surface area contributed by atoms with Crippen molar-refractivity contribution in [2.24, 2.45) is 0 Å². The number of para-hydroxylation sites is 2. The predicted molar refractivity (Wildman–Crippen MR) is 119 cm³/mol. The summed E-state index contributed by atoms with van der Waals surface area (Å²) in [7, 11) is 1.63. The Morgan fingerprint density at radius 1 is 1.10 bits per heavy atom. The van der Waals surface area contributed by atoms with E-state index in [4.69, 9.17) is 4.74 Å². The molecule has 2 aromatic carbocycles. The Bertz CT molecular complexity index is 988. The van der Waals surface area contributed by atoms with Gasteiger partial charge < -0.3 is 15.4 Å². The first-order valence-corrected chi connectivity index (χ1v) is 10.3. The Morgan fingerprint density at radius 3 is 2.45 bits per heavy atom. The van der Waals surface area contributed by atoms with E-state index in [0.717, 1.165) is 17.0 Å². The number of thiazole rings is 1. The van der Waals surface area contributed by atoms with Crippen LogP contribution in [0.3, 0.4) is 0 Å². The Labute approximate surface area is 176 Å². The Kier molecular flexibility index (Phi) is 6.23. The van der Waals surface area contributed by atoms with E-state index in [-0.39, 0.29) is 11.3 Å². The molecule has 0 saturated carbocycles. The topological polar surface area (TPSA) is 63.2 Å². The molecule has 1 heterocycles. The molecule has 0 fully saturated rings. The van der Waals surface area contributed by atoms with Crippen LogP contribution in [0.25, 0.3) is 0 Å². The minimum atomic E-state index is -0.118. The van der Waals surface area contributed by atoms with E-state index in [9.17, 15) is 4.79 Å². The third-order valence-electron chi connectivity index (χ3n) is 4.62. The van der Waals surface area contributed by atoms with Gasteiger partial charge in [0.15, 0.2) is 5.13 Å². The monoisotopic (exact) mass is 409 g/mol. The third kappa shape index (κ3) is 5.15. The fourth-order valence-corrected chi connectivity index (χ4v) is 3.80. The highest BCUT2D eigenvalue weighted by Gasteiger charge is 2.17. The number of methoxy groups -OCH3 is 1. The van der Waals surface area contributed by atoms with E-state index < -0.39 is 0 Å². The molecule has 1 aromatic heterocycles. The van der Waals surface area contributed by atoms with Gasteiger partial charge in [-0.05, 0) is 35.6 Å². The Hall–Kier alpha value is -2.86. The van der Waals surface area contributed by atoms with Crippen molar-refractivity contribution in [3.05, 3.63) is 70.2 Å². The lowest BCUT2D eigenvalue weighted by Gasteiger charge is -2.19. The number of carbonyl (C=O) groups is 1. The summed E-state index contributed by atoms with van der Waals surface area (Å²) in [6.07, 6.45) is 0. The second-order valence-corrected chi connectivity index (χ2v) is 8.89. The summed E-state index contributed by atoms with van der Waals surface area (Å²) in [6.45, 7) is 8.89. The molecule has 0 radical (unpaired) electrons. The molecule has 0 aliphatic carbocycles. The molecule has 152 valence electrons. The minimum absolute atomic E-state index is 0.117. The van der Waals surface area contributed by atoms with E-state index in [1.807, 2.05) is 31.2 Å². The van der Waals surface area contributed by atoms with Gasteiger partial charge in [-0.2, -0.15) is 0 Å². The van der Waals surface area contributed by atoms with Crippen LogP contribution in [0.1, 0.15) is 47.3 Å². The maximum absolute atomic E-state index is 12.7. The number of hydrogen-bond donors (Lipinski definition) is 2. The molecule has 0 aliphatic rings. The molecule has 1 amide bonds. The van der Waals surface area contributed by atoms with Gasteiger partial charge in [-0.3, -0.25) is 4.79 Å². The zero-order valence-corrected chi connectivity index (χ0v) is 18.3. The number of carbonyl (C=O) groups excluding carboxylic acids is 1. The second kappa shape index (κ2) is 8.66. The van der Waals surface area contributed by atoms with Crippen LogP contribution in [0.5, 0.6) is 5.75 Å². The highest BCUT2D eigenvalue weighted by atomic mass is 32.1. The first-order valence-electron chi connectivity index (χ1n) is 9.53. The summed E-state index contributed by atoms with van der Waals surface area (Å²) in [5.41, 5.74) is 3.98. The number of anilines is 2. The van der Waals surface area contributed by atoms with Crippen LogP contribution in [0.15, 0.2) is 48.5 Å². The molecule has 0 bridgehead atoms. The van der Waals surface area contributed by atoms with Gasteiger partial charge in [0, 0.05) is 6.54 Å². The molecule has 3 aromatic rings. The van der Waals surface area contributed by atoms with Crippen LogP contribution >= 0.6 is 11.3 Å². The number of benzene rings is 2. The molecule has 0 unspecified atom stereocenters. The highest BCUT2D eigenvalue weighted by Crippen LogP contribution is 2.30. The molecular weight excluding hydrogens is 382 g/mol. The zero-order valence-electron chi connectivity index (χ0n) is 17.5. The first kappa shape index (κ1) is 20.9. The number of aryl methyl sites for hydroxylation is 1. The molecule has 0 saturated heterocycles. The van der Waals surface area contributed by atoms with Crippen LogP contribution in [0, 0.1) is 6.92 Å². The standard InChI is InChI=1S/C23H27N3O2S/c1-15-20(29-22(25-15)26-18-8-6-7-9-19(18)28-5)21(27)24-14-16-10-12-17(13-11-16)23(2,3)4/h6-13H,14H2,1-5H3,(H,24,27)(H,25,26). The van der Waals surface area contributed by atoms with Crippen molar-refractivity contribution in [2.75, 3.05) is 12.4 Å². The average molecular weight is 410 g/mol. The molecule has 2 N–H and O–H groups in total. The Morgan fingerprint density at radius 2 is 1.79 bits per heavy atom. The van der Waals surface area contributed by atoms with Crippen molar-refractivity contribution in [2.45, 2.75) is 39.7 Å². The predicted octanol–water partition coefficient (Wildman–Crippen LogP) is 5.43. The molecule has 0 aliphatic heterocycles. The van der Waals surface area contributed by atoms with E-state index in [1.165, 1.54) is 16.9 Å². The number of rotatable bonds is 6. The van der Waals surface area contributed by atoms with Gasteiger partial charge in [0.25, 0.3) is 5.91 Å². The largest absolute Gasteiger partial charge is 0.495 e. The summed E-state index contributed by atoms with van der Waals surface area (Å²) in [5, 5.41) is 6.89. The molecule has 5 nitrogen and oxygen atoms in total. The van der Waals surface area contributed by atoms with Gasteiger partial charge in [-0.15, -0.1) is 0 Å². The Balaban J connectivity index is 1.66. The summed E-state index contributed by atoms with van der Waals surface area (Å²) < 4.78 is 5.35. The summed E-state index contributed by atoms with van der Waals surface area (Å²) >= 11 is 1.33. The first-order chi connectivity index (χ1) is 13.8. The summed E-state index contributed by atoms with van der Waals surface area (Å²) in [4.78, 5) is 17.8. The zero-order chi connectivity index (χ0) is 21.0. The van der Waals surface area contributed by atoms with Crippen LogP contribution in [0.2, 0.25) is 0 Å². The molecule has 3 rings (SSSR count). The van der Waals surface area contributed by atoms with E-state index in [0.29, 0.717) is 22.2 Å². The number of aromatic nitrogens is 1. The van der Waals surface area contributed by atoms with Crippen molar-refractivity contribution >= 4 is 28.1 Å². The smallest absolute Gasteiger partial charge is 0.263 e. The summed E-state index contributed by atoms with van der Waals surface area (Å²) in [6, 6.07) is 16.0. The SMILES string of the molecule is COc1ccccc1Nc1nc(C)c(C(=O)NCc2ccc(C(C)(C)C)cc2)s1. The van der Waals surface area contributed by atoms with Crippen LogP contribution in [-0.2, 0) is 12.0 Å². The van der Waals surface area contributed by atoms with Crippen molar-refractivity contribution in [1.29, 1.82) is 0 Å². The van der Waals surface area contributed by atoms with Gasteiger partial charge >= 0.3 is 0 Å². The van der Waals surface area contributed by atoms with E-state index >= 15 is 0 Å². The van der Waals surface area contributed by atoms with Crippen molar-refractivity contribution in [1.82, 2.24) is 10.3 Å². The number of hydrogen-bond acceptors (Lipinski definition) is 5. The van der Waals surface area contributed by atoms with Gasteiger partial charge in [0.1, 0.15) is 10.6 Å². The number of nitrogens with zero attached hydrogens (tertiary/aromatic N) is 1. The van der Waals surface area contributed by atoms with Gasteiger partial charge in [-0.25, -0.2) is 4.98 Å². The quantitative estimate of drug-likeness (QED) is 0.570. The minimum Gasteiger partial charge on any atom is -0.495 e. The lowest BCUT2D eigenvalue weighted by atomic mass is 9.87. The molecule has 29 heavy (non-hydrogen) atoms. The summed E-state index contributed by atoms with van der Waals surface area (Å²) in [5.74, 6) is 0.609. The maximum atomic E-state index is 12.7. The van der Waals surface area contributed by atoms with Crippen molar-refractivity contribution in [3.8, 4) is 5.75 Å². The fourth-order valence-electron chi connectivity index (χ4n) is 2.91. The van der Waals surface area contributed by atoms with Gasteiger partial charge in [-0.1, -0.05) is 68.5 Å². The van der Waals surface area contributed by atoms with Gasteiger partial charge in [0.2, 0.25) is 0 Å². The van der Waals surface area contributed by atoms with Gasteiger partial charge in [0.05, 0.1) is 18.5 Å². The lowest BCUT2D eigenvalue weighted by Crippen LogP contribution is -2.22. The normalized spacial score (nSPS) is 11.2. The molecule has 6 heteroatoms. The molecule has 0 atom stereocenters. The molecular formula is C23H27N3O2S. The van der Waals surface area contributed by atoms with Crippen LogP contribution in [-0.4, -0.2) is 18.0 Å². The van der Waals surface area contributed by atoms with Crippen LogP contribution < -0.4 is 15.4 Å². The average Bonchev–Trinajstić information content (AvgIpc) is 3.06.